The largest absolute Gasteiger partial charge is 0.373 e. The van der Waals surface area contributed by atoms with E-state index >= 15 is 0 Å². The molecule has 0 radical (unpaired) electrons. The summed E-state index contributed by atoms with van der Waals surface area (Å²) in [6.07, 6.45) is 1.96. The maximum atomic E-state index is 13.4. The van der Waals surface area contributed by atoms with Gasteiger partial charge in [0, 0.05) is 0 Å². The van der Waals surface area contributed by atoms with Crippen molar-refractivity contribution in [3.63, 3.8) is 0 Å². The fourth-order valence-corrected chi connectivity index (χ4v) is 1.57. The molecule has 0 aromatic heterocycles. The summed E-state index contributed by atoms with van der Waals surface area (Å²) in [4.78, 5) is 16.2. The normalized spacial score (nSPS) is 13.5. The predicted molar refractivity (Wildman–Crippen MR) is 54.9 cm³/mol. The van der Waals surface area contributed by atoms with Crippen LogP contribution in [0.3, 0.4) is 0 Å². The van der Waals surface area contributed by atoms with E-state index in [4.69, 9.17) is 14.3 Å². The van der Waals surface area contributed by atoms with Crippen LogP contribution < -0.4 is 0 Å². The number of benzene rings is 1. The molecule has 1 aliphatic rings. The smallest absolute Gasteiger partial charge is 0.373 e. The molecule has 1 aromatic carbocycles. The maximum absolute atomic E-state index is 13.4. The van der Waals surface area contributed by atoms with Crippen molar-refractivity contribution in [2.75, 3.05) is 13.2 Å². The number of aryl methyl sites for hydroxylation is 1. The van der Waals surface area contributed by atoms with Crippen molar-refractivity contribution >= 4 is 11.7 Å². The molecule has 0 spiro atoms. The Morgan fingerprint density at radius 1 is 1.24 bits per heavy atom. The van der Waals surface area contributed by atoms with Gasteiger partial charge in [-0.05, 0) is 30.2 Å². The minimum Gasteiger partial charge on any atom is -0.373 e. The van der Waals surface area contributed by atoms with Crippen LogP contribution in [-0.4, -0.2) is 19.4 Å². The lowest BCUT2D eigenvalue weighted by Gasteiger charge is -2.06. The highest BCUT2D eigenvalue weighted by molar-refractivity contribution is 5.68. The number of ether oxygens (including phenoxy) is 1. The summed E-state index contributed by atoms with van der Waals surface area (Å²) < 4.78 is 31.9. The van der Waals surface area contributed by atoms with Gasteiger partial charge in [-0.3, -0.25) is 0 Å². The van der Waals surface area contributed by atoms with Crippen LogP contribution in [0.2, 0.25) is 0 Å². The first-order chi connectivity index (χ1) is 8.10. The third kappa shape index (κ3) is 3.31. The van der Waals surface area contributed by atoms with Crippen LogP contribution in [0.25, 0.3) is 5.57 Å². The molecule has 0 atom stereocenters. The van der Waals surface area contributed by atoms with E-state index in [1.165, 1.54) is 12.1 Å². The Labute approximate surface area is 96.7 Å². The number of carbonyl (C=O) groups excluding carboxylic acids is 2. The van der Waals surface area contributed by atoms with Gasteiger partial charge in [0.1, 0.15) is 11.6 Å². The van der Waals surface area contributed by atoms with Gasteiger partial charge in [-0.2, -0.15) is 9.59 Å². The highest BCUT2D eigenvalue weighted by Gasteiger charge is 2.17. The Morgan fingerprint density at radius 2 is 1.76 bits per heavy atom. The van der Waals surface area contributed by atoms with Crippen LogP contribution in [0.4, 0.5) is 8.78 Å². The second kappa shape index (κ2) is 6.03. The van der Waals surface area contributed by atoms with E-state index in [0.29, 0.717) is 17.7 Å². The molecule has 0 amide bonds. The van der Waals surface area contributed by atoms with Gasteiger partial charge in [0.15, 0.2) is 0 Å². The van der Waals surface area contributed by atoms with Crippen LogP contribution in [0.15, 0.2) is 18.2 Å². The highest BCUT2D eigenvalue weighted by Crippen LogP contribution is 2.25. The minimum absolute atomic E-state index is 0.0492. The van der Waals surface area contributed by atoms with Crippen LogP contribution in [0.5, 0.6) is 0 Å². The zero-order chi connectivity index (χ0) is 12.8. The van der Waals surface area contributed by atoms with Gasteiger partial charge in [-0.1, -0.05) is 6.08 Å². The molecule has 3 nitrogen and oxygen atoms in total. The molecule has 0 aliphatic carbocycles. The molecular weight excluding hydrogens is 230 g/mol. The van der Waals surface area contributed by atoms with Gasteiger partial charge in [0.2, 0.25) is 0 Å². The third-order valence-corrected chi connectivity index (χ3v) is 2.21. The molecule has 1 aliphatic heterocycles. The summed E-state index contributed by atoms with van der Waals surface area (Å²) >= 11 is 0. The molecule has 0 N–H and O–H groups in total. The summed E-state index contributed by atoms with van der Waals surface area (Å²) in [6, 6.07) is 2.66. The molecule has 0 unspecified atom stereocenters. The summed E-state index contributed by atoms with van der Waals surface area (Å²) in [5.41, 5.74) is 1.23. The number of hydrogen-bond donors (Lipinski definition) is 0. The van der Waals surface area contributed by atoms with Crippen molar-refractivity contribution in [3.8, 4) is 0 Å². The van der Waals surface area contributed by atoms with Crippen LogP contribution >= 0.6 is 0 Å². The van der Waals surface area contributed by atoms with Gasteiger partial charge in [-0.15, -0.1) is 0 Å². The number of rotatable bonds is 1. The first kappa shape index (κ1) is 13.2. The Morgan fingerprint density at radius 3 is 2.18 bits per heavy atom. The van der Waals surface area contributed by atoms with E-state index in [9.17, 15) is 8.78 Å². The van der Waals surface area contributed by atoms with E-state index in [2.05, 4.69) is 0 Å². The molecule has 0 saturated heterocycles. The van der Waals surface area contributed by atoms with Gasteiger partial charge in [0.25, 0.3) is 0 Å². The molecule has 0 saturated carbocycles. The fraction of sp³-hybridized carbons (Fsp3) is 0.250. The topological polar surface area (TPSA) is 43.4 Å². The van der Waals surface area contributed by atoms with Gasteiger partial charge in [0.05, 0.1) is 18.8 Å². The van der Waals surface area contributed by atoms with Crippen molar-refractivity contribution < 1.29 is 23.1 Å². The number of hydrogen-bond acceptors (Lipinski definition) is 3. The average molecular weight is 240 g/mol. The second-order valence-electron chi connectivity index (χ2n) is 3.43. The van der Waals surface area contributed by atoms with Crippen molar-refractivity contribution in [2.24, 2.45) is 0 Å². The SMILES string of the molecule is Cc1cc(F)c(C2=CCOC2)c(F)c1.O=C=O. The minimum atomic E-state index is -0.515. The maximum Gasteiger partial charge on any atom is 0.373 e. The van der Waals surface area contributed by atoms with E-state index in [-0.39, 0.29) is 18.3 Å². The van der Waals surface area contributed by atoms with Crippen LogP contribution in [-0.2, 0) is 14.3 Å². The lowest BCUT2D eigenvalue weighted by Crippen LogP contribution is -1.97. The van der Waals surface area contributed by atoms with Crippen molar-refractivity contribution in [2.45, 2.75) is 6.92 Å². The van der Waals surface area contributed by atoms with Crippen molar-refractivity contribution in [1.82, 2.24) is 0 Å². The van der Waals surface area contributed by atoms with Crippen LogP contribution in [0.1, 0.15) is 11.1 Å². The monoisotopic (exact) mass is 240 g/mol. The summed E-state index contributed by atoms with van der Waals surface area (Å²) in [7, 11) is 0. The fourth-order valence-electron chi connectivity index (χ4n) is 1.57. The molecule has 1 aromatic rings. The molecule has 1 heterocycles. The molecule has 0 fully saturated rings. The summed E-state index contributed by atoms with van der Waals surface area (Å²) in [6.45, 7) is 2.38. The van der Waals surface area contributed by atoms with E-state index in [0.717, 1.165) is 0 Å². The zero-order valence-electron chi connectivity index (χ0n) is 9.13. The zero-order valence-corrected chi connectivity index (χ0v) is 9.13. The van der Waals surface area contributed by atoms with Crippen LogP contribution in [0, 0.1) is 18.6 Å². The molecule has 5 heteroatoms. The lowest BCUT2D eigenvalue weighted by molar-refractivity contribution is -0.191. The third-order valence-electron chi connectivity index (χ3n) is 2.21. The molecule has 17 heavy (non-hydrogen) atoms. The Hall–Kier alpha value is -1.84. The Bertz CT molecular complexity index is 452. The quantitative estimate of drug-likeness (QED) is 0.755. The molecular formula is C12H10F2O3. The van der Waals surface area contributed by atoms with Crippen molar-refractivity contribution in [1.29, 1.82) is 0 Å². The van der Waals surface area contributed by atoms with Gasteiger partial charge >= 0.3 is 6.15 Å². The highest BCUT2D eigenvalue weighted by atomic mass is 19.1. The second-order valence-corrected chi connectivity index (χ2v) is 3.43. The molecule has 90 valence electrons. The average Bonchev–Trinajstić information content (AvgIpc) is 2.70. The first-order valence-electron chi connectivity index (χ1n) is 4.82. The summed E-state index contributed by atoms with van der Waals surface area (Å²) in [5.74, 6) is -1.03. The molecule has 2 rings (SSSR count). The number of halogens is 2. The van der Waals surface area contributed by atoms with E-state index in [1.54, 1.807) is 13.0 Å². The van der Waals surface area contributed by atoms with E-state index < -0.39 is 11.6 Å². The standard InChI is InChI=1S/C11H10F2O.CO2/c1-7-4-9(12)11(10(13)5-7)8-2-3-14-6-8;2-1-3/h2,4-5H,3,6H2,1H3;. The van der Waals surface area contributed by atoms with E-state index in [1.807, 2.05) is 0 Å². The first-order valence-corrected chi connectivity index (χ1v) is 4.82. The van der Waals surface area contributed by atoms with Gasteiger partial charge < -0.3 is 4.74 Å². The van der Waals surface area contributed by atoms with Crippen molar-refractivity contribution in [3.05, 3.63) is 41.0 Å². The van der Waals surface area contributed by atoms with Gasteiger partial charge in [-0.25, -0.2) is 8.78 Å². The predicted octanol–water partition coefficient (Wildman–Crippen LogP) is 2.10. The Kier molecular flexibility index (Phi) is 4.69. The Balaban J connectivity index is 0.000000437. The summed E-state index contributed by atoms with van der Waals surface area (Å²) in [5, 5.41) is 0. The lowest BCUT2D eigenvalue weighted by atomic mass is 10.0. The molecule has 0 bridgehead atoms.